The van der Waals surface area contributed by atoms with Gasteiger partial charge in [0.15, 0.2) is 0 Å². The van der Waals surface area contributed by atoms with Crippen molar-refractivity contribution in [1.29, 1.82) is 0 Å². The van der Waals surface area contributed by atoms with E-state index >= 15 is 0 Å². The summed E-state index contributed by atoms with van der Waals surface area (Å²) in [6.07, 6.45) is 3.93. The topological polar surface area (TPSA) is 64.0 Å². The van der Waals surface area contributed by atoms with Gasteiger partial charge < -0.3 is 9.88 Å². The lowest BCUT2D eigenvalue weighted by atomic mass is 10.1. The zero-order chi connectivity index (χ0) is 17.8. The molecule has 0 spiro atoms. The highest BCUT2D eigenvalue weighted by Crippen LogP contribution is 2.15. The van der Waals surface area contributed by atoms with Gasteiger partial charge in [-0.15, -0.1) is 0 Å². The van der Waals surface area contributed by atoms with E-state index in [9.17, 15) is 9.59 Å². The minimum absolute atomic E-state index is 0.138. The van der Waals surface area contributed by atoms with E-state index in [1.807, 2.05) is 30.3 Å². The number of nitrogens with zero attached hydrogens (tertiary/aromatic N) is 2. The molecule has 25 heavy (non-hydrogen) atoms. The molecule has 0 aliphatic carbocycles. The Bertz CT molecular complexity index is 965. The van der Waals surface area contributed by atoms with Gasteiger partial charge in [0.2, 0.25) is 5.56 Å². The van der Waals surface area contributed by atoms with Crippen LogP contribution in [0.5, 0.6) is 0 Å². The van der Waals surface area contributed by atoms with E-state index in [1.54, 1.807) is 31.6 Å². The zero-order valence-corrected chi connectivity index (χ0v) is 14.3. The molecule has 3 aromatic rings. The van der Waals surface area contributed by atoms with Gasteiger partial charge in [-0.3, -0.25) is 14.6 Å². The summed E-state index contributed by atoms with van der Waals surface area (Å²) in [5.41, 5.74) is 2.78. The second kappa shape index (κ2) is 7.32. The number of benzene rings is 1. The average Bonchev–Trinajstić information content (AvgIpc) is 2.59. The maximum absolute atomic E-state index is 12.2. The highest BCUT2D eigenvalue weighted by molar-refractivity contribution is 6.30. The van der Waals surface area contributed by atoms with Gasteiger partial charge in [0.25, 0.3) is 5.91 Å². The third kappa shape index (κ3) is 4.33. The van der Waals surface area contributed by atoms with Crippen molar-refractivity contribution in [3.05, 3.63) is 93.1 Å². The van der Waals surface area contributed by atoms with Crippen molar-refractivity contribution in [3.8, 4) is 0 Å². The summed E-state index contributed by atoms with van der Waals surface area (Å²) >= 11 is 5.99. The van der Waals surface area contributed by atoms with Crippen molar-refractivity contribution in [2.24, 2.45) is 7.05 Å². The van der Waals surface area contributed by atoms with Crippen LogP contribution in [-0.4, -0.2) is 15.5 Å². The van der Waals surface area contributed by atoms with Gasteiger partial charge in [0, 0.05) is 30.5 Å². The smallest absolute Gasteiger partial charge is 0.274 e. The van der Waals surface area contributed by atoms with Gasteiger partial charge in [-0.05, 0) is 41.8 Å². The second-order valence-corrected chi connectivity index (χ2v) is 6.12. The molecule has 126 valence electrons. The van der Waals surface area contributed by atoms with Crippen LogP contribution in [0, 0.1) is 0 Å². The van der Waals surface area contributed by atoms with Crippen LogP contribution < -0.4 is 10.9 Å². The van der Waals surface area contributed by atoms with Crippen molar-refractivity contribution < 1.29 is 4.79 Å². The summed E-state index contributed by atoms with van der Waals surface area (Å²) in [4.78, 5) is 27.8. The van der Waals surface area contributed by atoms with Crippen molar-refractivity contribution in [2.75, 3.05) is 5.32 Å². The van der Waals surface area contributed by atoms with E-state index in [0.717, 1.165) is 11.1 Å². The quantitative estimate of drug-likeness (QED) is 0.782. The van der Waals surface area contributed by atoms with Gasteiger partial charge in [0.1, 0.15) is 5.69 Å². The molecule has 1 aromatic carbocycles. The summed E-state index contributed by atoms with van der Waals surface area (Å²) < 4.78 is 1.40. The Kier molecular flexibility index (Phi) is 4.95. The fourth-order valence-corrected chi connectivity index (χ4v) is 2.62. The molecule has 0 bridgehead atoms. The molecule has 5 nitrogen and oxygen atoms in total. The van der Waals surface area contributed by atoms with E-state index in [-0.39, 0.29) is 11.5 Å². The SMILES string of the molecule is Cn1cc(NC(=O)c2ccc(Cc3cccc(Cl)c3)cn2)ccc1=O. The maximum Gasteiger partial charge on any atom is 0.274 e. The zero-order valence-electron chi connectivity index (χ0n) is 13.6. The number of nitrogens with one attached hydrogen (secondary N) is 1. The first-order chi connectivity index (χ1) is 12.0. The van der Waals surface area contributed by atoms with Crippen LogP contribution in [0.25, 0.3) is 0 Å². The molecule has 3 rings (SSSR count). The molecule has 0 unspecified atom stereocenters. The van der Waals surface area contributed by atoms with Crippen molar-refractivity contribution in [1.82, 2.24) is 9.55 Å². The molecular formula is C19H16ClN3O2. The normalized spacial score (nSPS) is 10.5. The number of hydrogen-bond acceptors (Lipinski definition) is 3. The minimum Gasteiger partial charge on any atom is -0.319 e. The molecule has 0 atom stereocenters. The maximum atomic E-state index is 12.2. The molecule has 0 aliphatic heterocycles. The number of amides is 1. The van der Waals surface area contributed by atoms with Crippen LogP contribution in [0.3, 0.4) is 0 Å². The highest BCUT2D eigenvalue weighted by atomic mass is 35.5. The number of aryl methyl sites for hydroxylation is 1. The number of anilines is 1. The van der Waals surface area contributed by atoms with Gasteiger partial charge >= 0.3 is 0 Å². The number of pyridine rings is 2. The Morgan fingerprint density at radius 2 is 2.00 bits per heavy atom. The van der Waals surface area contributed by atoms with Crippen molar-refractivity contribution in [3.63, 3.8) is 0 Å². The van der Waals surface area contributed by atoms with Crippen molar-refractivity contribution >= 4 is 23.2 Å². The first kappa shape index (κ1) is 16.9. The van der Waals surface area contributed by atoms with Crippen LogP contribution in [0.15, 0.2) is 65.7 Å². The lowest BCUT2D eigenvalue weighted by molar-refractivity contribution is 0.102. The van der Waals surface area contributed by atoms with Gasteiger partial charge in [-0.1, -0.05) is 29.8 Å². The van der Waals surface area contributed by atoms with Crippen LogP contribution in [-0.2, 0) is 13.5 Å². The summed E-state index contributed by atoms with van der Waals surface area (Å²) in [5.74, 6) is -0.326. The largest absolute Gasteiger partial charge is 0.319 e. The van der Waals surface area contributed by atoms with Gasteiger partial charge in [-0.2, -0.15) is 0 Å². The first-order valence-corrected chi connectivity index (χ1v) is 8.06. The molecule has 1 amide bonds. The Morgan fingerprint density at radius 3 is 2.68 bits per heavy atom. The molecular weight excluding hydrogens is 338 g/mol. The molecule has 0 fully saturated rings. The second-order valence-electron chi connectivity index (χ2n) is 5.68. The Balaban J connectivity index is 1.69. The lowest BCUT2D eigenvalue weighted by Gasteiger charge is -2.07. The molecule has 2 heterocycles. The Hall–Kier alpha value is -2.92. The summed E-state index contributed by atoms with van der Waals surface area (Å²) in [5, 5.41) is 3.42. The number of hydrogen-bond donors (Lipinski definition) is 1. The highest BCUT2D eigenvalue weighted by Gasteiger charge is 2.08. The molecule has 0 saturated heterocycles. The number of carbonyl (C=O) groups excluding carboxylic acids is 1. The van der Waals surface area contributed by atoms with E-state index < -0.39 is 0 Å². The number of halogens is 1. The number of aromatic nitrogens is 2. The monoisotopic (exact) mass is 353 g/mol. The van der Waals surface area contributed by atoms with Gasteiger partial charge in [0.05, 0.1) is 5.69 Å². The fraction of sp³-hybridized carbons (Fsp3) is 0.105. The predicted molar refractivity (Wildman–Crippen MR) is 98.1 cm³/mol. The van der Waals surface area contributed by atoms with Crippen LogP contribution in [0.2, 0.25) is 5.02 Å². The standard InChI is InChI=1S/C19H16ClN3O2/c1-23-12-16(6-8-18(23)24)22-19(25)17-7-5-14(11-21-17)9-13-3-2-4-15(20)10-13/h2-8,10-12H,9H2,1H3,(H,22,25). The number of rotatable bonds is 4. The minimum atomic E-state index is -0.326. The predicted octanol–water partition coefficient (Wildman–Crippen LogP) is 3.28. The average molecular weight is 354 g/mol. The fourth-order valence-electron chi connectivity index (χ4n) is 2.41. The first-order valence-electron chi connectivity index (χ1n) is 7.69. The van der Waals surface area contributed by atoms with Crippen LogP contribution in [0.4, 0.5) is 5.69 Å². The van der Waals surface area contributed by atoms with Crippen molar-refractivity contribution in [2.45, 2.75) is 6.42 Å². The third-order valence-electron chi connectivity index (χ3n) is 3.70. The Morgan fingerprint density at radius 1 is 1.16 bits per heavy atom. The van der Waals surface area contributed by atoms with E-state index in [0.29, 0.717) is 22.8 Å². The van der Waals surface area contributed by atoms with E-state index in [1.165, 1.54) is 10.6 Å². The Labute approximate surface area is 149 Å². The van der Waals surface area contributed by atoms with Crippen LogP contribution >= 0.6 is 11.6 Å². The molecule has 1 N–H and O–H groups in total. The molecule has 6 heteroatoms. The third-order valence-corrected chi connectivity index (χ3v) is 3.93. The summed E-state index contributed by atoms with van der Waals surface area (Å²) in [6.45, 7) is 0. The summed E-state index contributed by atoms with van der Waals surface area (Å²) in [6, 6.07) is 14.1. The lowest BCUT2D eigenvalue weighted by Crippen LogP contribution is -2.18. The summed E-state index contributed by atoms with van der Waals surface area (Å²) in [7, 11) is 1.63. The number of carbonyl (C=O) groups is 1. The van der Waals surface area contributed by atoms with Crippen LogP contribution in [0.1, 0.15) is 21.6 Å². The van der Waals surface area contributed by atoms with E-state index in [4.69, 9.17) is 11.6 Å². The molecule has 2 aromatic heterocycles. The van der Waals surface area contributed by atoms with Gasteiger partial charge in [-0.25, -0.2) is 0 Å². The molecule has 0 radical (unpaired) electrons. The molecule has 0 saturated carbocycles. The molecule has 0 aliphatic rings. The van der Waals surface area contributed by atoms with E-state index in [2.05, 4.69) is 10.3 Å².